The molecule has 12 heteroatoms. The molecule has 0 bridgehead atoms. The Hall–Kier alpha value is -3.77. The van der Waals surface area contributed by atoms with Crippen LogP contribution in [0.5, 0.6) is 0 Å². The molecule has 2 saturated heterocycles. The number of amides is 2. The first-order chi connectivity index (χ1) is 18.0. The Morgan fingerprint density at radius 2 is 2.03 bits per heavy atom. The normalized spacial score (nSPS) is 16.9. The van der Waals surface area contributed by atoms with Crippen LogP contribution in [0.1, 0.15) is 34.5 Å². The number of anilines is 3. The highest BCUT2D eigenvalue weighted by Crippen LogP contribution is 2.37. The van der Waals surface area contributed by atoms with E-state index in [1.54, 1.807) is 23.1 Å². The molecule has 2 aliphatic rings. The molecule has 0 unspecified atom stereocenters. The van der Waals surface area contributed by atoms with Gasteiger partial charge in [-0.3, -0.25) is 19.4 Å². The molecule has 5 heterocycles. The lowest BCUT2D eigenvalue weighted by molar-refractivity contribution is -0.134. The topological polar surface area (TPSA) is 133 Å². The Bertz CT molecular complexity index is 1440. The maximum atomic E-state index is 12.9. The van der Waals surface area contributed by atoms with Gasteiger partial charge >= 0.3 is 0 Å². The van der Waals surface area contributed by atoms with E-state index in [1.807, 2.05) is 24.0 Å². The minimum Gasteiger partial charge on any atom is -0.341 e. The SMILES string of the molecule is Cc1ccc2[nH]ncc2c1NC(=O)c1cnc(Nc2ccn(CC(=O)N3CCC4(CCNC4)CC3)n2)s1. The fourth-order valence-corrected chi connectivity index (χ4v) is 5.94. The molecule has 6 rings (SSSR count). The Balaban J connectivity index is 1.05. The second kappa shape index (κ2) is 9.60. The highest BCUT2D eigenvalue weighted by Gasteiger charge is 2.38. The zero-order chi connectivity index (χ0) is 25.4. The molecule has 3 aromatic heterocycles. The van der Waals surface area contributed by atoms with Gasteiger partial charge in [0.05, 0.1) is 23.6 Å². The first kappa shape index (κ1) is 23.6. The number of carbonyl (C=O) groups excluding carboxylic acids is 2. The molecule has 37 heavy (non-hydrogen) atoms. The molecule has 1 aromatic carbocycles. The second-order valence-corrected chi connectivity index (χ2v) is 10.9. The summed E-state index contributed by atoms with van der Waals surface area (Å²) in [4.78, 5) is 32.5. The van der Waals surface area contributed by atoms with Crippen LogP contribution in [0.4, 0.5) is 16.6 Å². The van der Waals surface area contributed by atoms with Crippen LogP contribution < -0.4 is 16.0 Å². The van der Waals surface area contributed by atoms with Gasteiger partial charge < -0.3 is 20.9 Å². The zero-order valence-corrected chi connectivity index (χ0v) is 21.4. The van der Waals surface area contributed by atoms with Crippen LogP contribution in [0.15, 0.2) is 36.8 Å². The van der Waals surface area contributed by atoms with Crippen molar-refractivity contribution in [3.63, 3.8) is 0 Å². The van der Waals surface area contributed by atoms with Crippen molar-refractivity contribution in [3.8, 4) is 0 Å². The van der Waals surface area contributed by atoms with E-state index >= 15 is 0 Å². The quantitative estimate of drug-likeness (QED) is 0.308. The average Bonchev–Trinajstić information content (AvgIpc) is 3.70. The number of nitrogens with one attached hydrogen (secondary N) is 4. The molecule has 2 aliphatic heterocycles. The number of likely N-dealkylation sites (tertiary alicyclic amines) is 1. The number of carbonyl (C=O) groups is 2. The molecule has 1 spiro atoms. The van der Waals surface area contributed by atoms with Crippen LogP contribution in [0.2, 0.25) is 0 Å². The molecule has 192 valence electrons. The number of hydrogen-bond donors (Lipinski definition) is 4. The van der Waals surface area contributed by atoms with Gasteiger partial charge in [0.25, 0.3) is 5.91 Å². The summed E-state index contributed by atoms with van der Waals surface area (Å²) in [6.07, 6.45) is 8.36. The summed E-state index contributed by atoms with van der Waals surface area (Å²) in [5.74, 6) is 0.421. The number of hydrogen-bond acceptors (Lipinski definition) is 8. The van der Waals surface area contributed by atoms with Crippen molar-refractivity contribution in [3.05, 3.63) is 47.2 Å². The molecular weight excluding hydrogens is 490 g/mol. The van der Waals surface area contributed by atoms with Gasteiger partial charge in [-0.25, -0.2) is 4.98 Å². The number of benzene rings is 1. The molecule has 0 radical (unpaired) electrons. The highest BCUT2D eigenvalue weighted by molar-refractivity contribution is 7.17. The largest absolute Gasteiger partial charge is 0.341 e. The zero-order valence-electron chi connectivity index (χ0n) is 20.6. The van der Waals surface area contributed by atoms with E-state index in [2.05, 4.69) is 36.2 Å². The first-order valence-electron chi connectivity index (χ1n) is 12.5. The van der Waals surface area contributed by atoms with Crippen LogP contribution in [0.3, 0.4) is 0 Å². The summed E-state index contributed by atoms with van der Waals surface area (Å²) in [5.41, 5.74) is 2.92. The number of aromatic amines is 1. The van der Waals surface area contributed by atoms with Gasteiger partial charge in [-0.2, -0.15) is 10.2 Å². The van der Waals surface area contributed by atoms with Crippen molar-refractivity contribution < 1.29 is 9.59 Å². The number of thiazole rings is 1. The smallest absolute Gasteiger partial charge is 0.267 e. The number of nitrogens with zero attached hydrogens (tertiary/aromatic N) is 5. The van der Waals surface area contributed by atoms with Gasteiger partial charge in [0, 0.05) is 37.3 Å². The molecule has 11 nitrogen and oxygen atoms in total. The summed E-state index contributed by atoms with van der Waals surface area (Å²) >= 11 is 1.24. The van der Waals surface area contributed by atoms with Crippen molar-refractivity contribution in [2.45, 2.75) is 32.7 Å². The Morgan fingerprint density at radius 3 is 2.84 bits per heavy atom. The van der Waals surface area contributed by atoms with E-state index in [0.717, 1.165) is 61.2 Å². The van der Waals surface area contributed by atoms with Gasteiger partial charge in [-0.15, -0.1) is 0 Å². The predicted molar refractivity (Wildman–Crippen MR) is 142 cm³/mol. The van der Waals surface area contributed by atoms with Crippen molar-refractivity contribution in [2.75, 3.05) is 36.8 Å². The Labute approximate surface area is 217 Å². The molecule has 0 aliphatic carbocycles. The summed E-state index contributed by atoms with van der Waals surface area (Å²) in [6.45, 7) is 5.93. The maximum absolute atomic E-state index is 12.9. The van der Waals surface area contributed by atoms with Gasteiger partial charge in [0.2, 0.25) is 5.91 Å². The van der Waals surface area contributed by atoms with Gasteiger partial charge in [0.1, 0.15) is 11.4 Å². The van der Waals surface area contributed by atoms with Crippen molar-refractivity contribution in [1.29, 1.82) is 0 Å². The van der Waals surface area contributed by atoms with Crippen LogP contribution in [-0.4, -0.2) is 67.9 Å². The highest BCUT2D eigenvalue weighted by atomic mass is 32.1. The minimum absolute atomic E-state index is 0.0894. The summed E-state index contributed by atoms with van der Waals surface area (Å²) in [7, 11) is 0. The third-order valence-corrected chi connectivity index (χ3v) is 8.39. The number of aromatic nitrogens is 5. The van der Waals surface area contributed by atoms with E-state index in [1.165, 1.54) is 24.0 Å². The summed E-state index contributed by atoms with van der Waals surface area (Å²) < 4.78 is 1.64. The molecule has 0 atom stereocenters. The van der Waals surface area contributed by atoms with Gasteiger partial charge in [0.15, 0.2) is 10.9 Å². The van der Waals surface area contributed by atoms with Crippen molar-refractivity contribution in [1.82, 2.24) is 35.2 Å². The third-order valence-electron chi connectivity index (χ3n) is 7.48. The monoisotopic (exact) mass is 519 g/mol. The summed E-state index contributed by atoms with van der Waals surface area (Å²) in [5, 5.41) is 22.4. The fourth-order valence-electron chi connectivity index (χ4n) is 5.22. The van der Waals surface area contributed by atoms with Crippen molar-refractivity contribution in [2.24, 2.45) is 5.41 Å². The predicted octanol–water partition coefficient (Wildman–Crippen LogP) is 3.12. The molecule has 4 N–H and O–H groups in total. The second-order valence-electron chi connectivity index (χ2n) is 9.90. The standard InChI is InChI=1S/C25H29N9O2S/c1-16-2-3-18-17(12-28-31-18)22(16)30-23(36)19-13-27-24(37-19)29-20-4-9-34(32-20)14-21(35)33-10-6-25(7-11-33)5-8-26-15-25/h2-4,9,12-13,26H,5-8,10-11,14-15H2,1H3,(H,28,31)(H,30,36)(H,27,29,32). The molecule has 4 aromatic rings. The lowest BCUT2D eigenvalue weighted by atomic mass is 9.78. The number of H-pyrrole nitrogens is 1. The number of fused-ring (bicyclic) bond motifs is 1. The lowest BCUT2D eigenvalue weighted by Gasteiger charge is -2.38. The molecule has 0 saturated carbocycles. The van der Waals surface area contributed by atoms with Crippen LogP contribution in [0.25, 0.3) is 10.9 Å². The van der Waals surface area contributed by atoms with Gasteiger partial charge in [-0.05, 0) is 49.8 Å². The maximum Gasteiger partial charge on any atom is 0.267 e. The Morgan fingerprint density at radius 1 is 1.16 bits per heavy atom. The van der Waals surface area contributed by atoms with Gasteiger partial charge in [-0.1, -0.05) is 17.4 Å². The van der Waals surface area contributed by atoms with Crippen LogP contribution >= 0.6 is 11.3 Å². The molecule has 2 fully saturated rings. The first-order valence-corrected chi connectivity index (χ1v) is 13.3. The van der Waals surface area contributed by atoms with E-state index in [4.69, 9.17) is 0 Å². The average molecular weight is 520 g/mol. The Kier molecular flexibility index (Phi) is 6.13. The van der Waals surface area contributed by atoms with Crippen LogP contribution in [-0.2, 0) is 11.3 Å². The van der Waals surface area contributed by atoms with Crippen LogP contribution in [0, 0.1) is 12.3 Å². The minimum atomic E-state index is -0.241. The fraction of sp³-hybridized carbons (Fsp3) is 0.400. The number of rotatable bonds is 6. The molecular formula is C25H29N9O2S. The molecule has 2 amide bonds. The van der Waals surface area contributed by atoms with E-state index in [-0.39, 0.29) is 18.4 Å². The number of aryl methyl sites for hydroxylation is 1. The van der Waals surface area contributed by atoms with Crippen molar-refractivity contribution >= 4 is 50.7 Å². The summed E-state index contributed by atoms with van der Waals surface area (Å²) in [6, 6.07) is 5.67. The number of piperidine rings is 1. The van der Waals surface area contributed by atoms with E-state index in [9.17, 15) is 9.59 Å². The lowest BCUT2D eigenvalue weighted by Crippen LogP contribution is -2.45. The van der Waals surface area contributed by atoms with E-state index < -0.39 is 0 Å². The third kappa shape index (κ3) is 4.81. The van der Waals surface area contributed by atoms with E-state index in [0.29, 0.717) is 21.2 Å².